The van der Waals surface area contributed by atoms with Gasteiger partial charge in [-0.1, -0.05) is 24.3 Å². The summed E-state index contributed by atoms with van der Waals surface area (Å²) in [6, 6.07) is 8.04. The van der Waals surface area contributed by atoms with Crippen molar-refractivity contribution in [3.05, 3.63) is 53.6 Å². The fourth-order valence-corrected chi connectivity index (χ4v) is 5.29. The highest BCUT2D eigenvalue weighted by atomic mass is 16.2. The minimum Gasteiger partial charge on any atom is -0.342 e. The Hall–Kier alpha value is -2.63. The van der Waals surface area contributed by atoms with Gasteiger partial charge in [0, 0.05) is 45.3 Å². The SMILES string of the molecule is Cc1ccccc1CC(=O)N1C[C@H](c2cn(C)cn2)[C@@]2(CCN(CC3CC3)C2=O)C1. The Labute approximate surface area is 177 Å². The van der Waals surface area contributed by atoms with E-state index >= 15 is 0 Å². The highest BCUT2D eigenvalue weighted by Crippen LogP contribution is 2.50. The van der Waals surface area contributed by atoms with Crippen LogP contribution in [0.1, 0.15) is 42.0 Å². The molecule has 2 aliphatic heterocycles. The second kappa shape index (κ2) is 7.25. The number of amides is 2. The topological polar surface area (TPSA) is 58.4 Å². The van der Waals surface area contributed by atoms with Crippen molar-refractivity contribution in [2.24, 2.45) is 18.4 Å². The van der Waals surface area contributed by atoms with Crippen molar-refractivity contribution in [2.45, 2.75) is 38.5 Å². The Bertz CT molecular complexity index is 979. The van der Waals surface area contributed by atoms with Crippen molar-refractivity contribution in [3.63, 3.8) is 0 Å². The molecule has 1 saturated carbocycles. The zero-order valence-corrected chi connectivity index (χ0v) is 17.9. The first-order chi connectivity index (χ1) is 14.5. The Morgan fingerprint density at radius 1 is 1.27 bits per heavy atom. The van der Waals surface area contributed by atoms with Crippen molar-refractivity contribution < 1.29 is 9.59 Å². The summed E-state index contributed by atoms with van der Waals surface area (Å²) in [6.07, 6.45) is 7.48. The quantitative estimate of drug-likeness (QED) is 0.767. The second-order valence-corrected chi connectivity index (χ2v) is 9.49. The molecule has 0 N–H and O–H groups in total. The summed E-state index contributed by atoms with van der Waals surface area (Å²) in [5.74, 6) is 0.987. The number of carbonyl (C=O) groups is 2. The third-order valence-corrected chi connectivity index (χ3v) is 7.30. The molecule has 3 aliphatic rings. The summed E-state index contributed by atoms with van der Waals surface area (Å²) in [4.78, 5) is 35.4. The van der Waals surface area contributed by atoms with Gasteiger partial charge in [-0.2, -0.15) is 0 Å². The summed E-state index contributed by atoms with van der Waals surface area (Å²) in [5, 5.41) is 0. The van der Waals surface area contributed by atoms with E-state index in [2.05, 4.69) is 9.88 Å². The number of imidazole rings is 1. The Morgan fingerprint density at radius 3 is 2.77 bits per heavy atom. The molecule has 0 unspecified atom stereocenters. The number of hydrogen-bond donors (Lipinski definition) is 0. The van der Waals surface area contributed by atoms with Crippen LogP contribution < -0.4 is 0 Å². The van der Waals surface area contributed by atoms with Crippen LogP contribution in [0.2, 0.25) is 0 Å². The van der Waals surface area contributed by atoms with Crippen LogP contribution in [0.4, 0.5) is 0 Å². The fourth-order valence-electron chi connectivity index (χ4n) is 5.29. The van der Waals surface area contributed by atoms with Crippen LogP contribution in [0, 0.1) is 18.3 Å². The summed E-state index contributed by atoms with van der Waals surface area (Å²) < 4.78 is 1.93. The van der Waals surface area contributed by atoms with Crippen LogP contribution in [-0.4, -0.2) is 57.3 Å². The van der Waals surface area contributed by atoms with Crippen molar-refractivity contribution in [1.29, 1.82) is 0 Å². The molecule has 2 aromatic rings. The van der Waals surface area contributed by atoms with E-state index in [1.807, 2.05) is 53.9 Å². The number of carbonyl (C=O) groups excluding carboxylic acids is 2. The van der Waals surface area contributed by atoms with Crippen LogP contribution in [0.5, 0.6) is 0 Å². The van der Waals surface area contributed by atoms with Gasteiger partial charge >= 0.3 is 0 Å². The molecule has 158 valence electrons. The van der Waals surface area contributed by atoms with Crippen molar-refractivity contribution in [1.82, 2.24) is 19.4 Å². The molecule has 0 radical (unpaired) electrons. The third-order valence-electron chi connectivity index (χ3n) is 7.30. The summed E-state index contributed by atoms with van der Waals surface area (Å²) >= 11 is 0. The predicted molar refractivity (Wildman–Crippen MR) is 114 cm³/mol. The van der Waals surface area contributed by atoms with Gasteiger partial charge in [0.15, 0.2) is 0 Å². The van der Waals surface area contributed by atoms with Crippen molar-refractivity contribution >= 4 is 11.8 Å². The molecule has 1 aromatic heterocycles. The van der Waals surface area contributed by atoms with Crippen LogP contribution in [0.25, 0.3) is 0 Å². The summed E-state index contributed by atoms with van der Waals surface area (Å²) in [5.41, 5.74) is 2.61. The molecule has 1 aromatic carbocycles. The molecule has 0 bridgehead atoms. The lowest BCUT2D eigenvalue weighted by atomic mass is 9.75. The summed E-state index contributed by atoms with van der Waals surface area (Å²) in [6.45, 7) is 4.82. The van der Waals surface area contributed by atoms with E-state index in [1.54, 1.807) is 6.33 Å². The third kappa shape index (κ3) is 3.32. The van der Waals surface area contributed by atoms with Gasteiger partial charge in [0.2, 0.25) is 11.8 Å². The van der Waals surface area contributed by atoms with E-state index in [1.165, 1.54) is 12.8 Å². The smallest absolute Gasteiger partial charge is 0.231 e. The largest absolute Gasteiger partial charge is 0.342 e. The number of hydrogen-bond acceptors (Lipinski definition) is 3. The average molecular weight is 407 g/mol. The van der Waals surface area contributed by atoms with Gasteiger partial charge in [-0.05, 0) is 43.2 Å². The van der Waals surface area contributed by atoms with Gasteiger partial charge in [-0.15, -0.1) is 0 Å². The minimum atomic E-state index is -0.523. The lowest BCUT2D eigenvalue weighted by molar-refractivity contribution is -0.137. The van der Waals surface area contributed by atoms with E-state index in [0.29, 0.717) is 25.4 Å². The lowest BCUT2D eigenvalue weighted by Crippen LogP contribution is -2.41. The number of rotatable bonds is 5. The van der Waals surface area contributed by atoms with Crippen molar-refractivity contribution in [2.75, 3.05) is 26.2 Å². The van der Waals surface area contributed by atoms with E-state index in [-0.39, 0.29) is 17.7 Å². The van der Waals surface area contributed by atoms with E-state index in [0.717, 1.165) is 36.3 Å². The minimum absolute atomic E-state index is 0.0313. The Morgan fingerprint density at radius 2 is 2.07 bits per heavy atom. The molecular formula is C24H30N4O2. The number of aryl methyl sites for hydroxylation is 2. The van der Waals surface area contributed by atoms with E-state index < -0.39 is 5.41 Å². The molecule has 3 heterocycles. The van der Waals surface area contributed by atoms with Gasteiger partial charge < -0.3 is 14.4 Å². The van der Waals surface area contributed by atoms with Gasteiger partial charge in [0.1, 0.15) is 0 Å². The monoisotopic (exact) mass is 406 g/mol. The van der Waals surface area contributed by atoms with Crippen LogP contribution in [0.3, 0.4) is 0 Å². The first-order valence-electron chi connectivity index (χ1n) is 11.1. The van der Waals surface area contributed by atoms with Gasteiger partial charge in [0.25, 0.3) is 0 Å². The maximum atomic E-state index is 13.6. The number of likely N-dealkylation sites (tertiary alicyclic amines) is 2. The Kier molecular flexibility index (Phi) is 4.68. The number of nitrogens with zero attached hydrogens (tertiary/aromatic N) is 4. The highest BCUT2D eigenvalue weighted by Gasteiger charge is 2.58. The van der Waals surface area contributed by atoms with Crippen LogP contribution in [-0.2, 0) is 23.1 Å². The maximum absolute atomic E-state index is 13.6. The molecule has 30 heavy (non-hydrogen) atoms. The predicted octanol–water partition coefficient (Wildman–Crippen LogP) is 2.53. The standard InChI is InChI=1S/C24H30N4O2/c1-17-5-3-4-6-19(17)11-22(29)28-13-20(21-14-26(2)16-25-21)24(15-28)9-10-27(23(24)30)12-18-7-8-18/h3-6,14,16,18,20H,7-13,15H2,1-2H3/t20-,24-/m1/s1. The highest BCUT2D eigenvalue weighted by molar-refractivity contribution is 5.89. The van der Waals surface area contributed by atoms with Gasteiger partial charge in [-0.3, -0.25) is 9.59 Å². The normalized spacial score (nSPS) is 26.2. The Balaban J connectivity index is 1.41. The zero-order valence-electron chi connectivity index (χ0n) is 17.9. The summed E-state index contributed by atoms with van der Waals surface area (Å²) in [7, 11) is 1.95. The van der Waals surface area contributed by atoms with Gasteiger partial charge in [-0.25, -0.2) is 4.98 Å². The molecular weight excluding hydrogens is 376 g/mol. The number of benzene rings is 1. The molecule has 1 aliphatic carbocycles. The molecule has 2 atom stereocenters. The molecule has 1 spiro atoms. The molecule has 5 rings (SSSR count). The van der Waals surface area contributed by atoms with Gasteiger partial charge in [0.05, 0.1) is 23.9 Å². The first kappa shape index (κ1) is 19.3. The van der Waals surface area contributed by atoms with Crippen LogP contribution >= 0.6 is 0 Å². The van der Waals surface area contributed by atoms with E-state index in [9.17, 15) is 9.59 Å². The fraction of sp³-hybridized carbons (Fsp3) is 0.542. The molecule has 2 amide bonds. The molecule has 6 heteroatoms. The van der Waals surface area contributed by atoms with Crippen LogP contribution in [0.15, 0.2) is 36.8 Å². The lowest BCUT2D eigenvalue weighted by Gasteiger charge is -2.27. The first-order valence-corrected chi connectivity index (χ1v) is 11.1. The molecule has 6 nitrogen and oxygen atoms in total. The second-order valence-electron chi connectivity index (χ2n) is 9.49. The van der Waals surface area contributed by atoms with Crippen molar-refractivity contribution in [3.8, 4) is 0 Å². The average Bonchev–Trinajstić information content (AvgIpc) is 3.18. The molecule has 2 saturated heterocycles. The molecule has 3 fully saturated rings. The number of aromatic nitrogens is 2. The zero-order chi connectivity index (χ0) is 20.9. The van der Waals surface area contributed by atoms with E-state index in [4.69, 9.17) is 0 Å². The maximum Gasteiger partial charge on any atom is 0.231 e.